The van der Waals surface area contributed by atoms with Crippen LogP contribution in [-0.2, 0) is 16.1 Å². The number of rotatable bonds is 11. The van der Waals surface area contributed by atoms with E-state index in [9.17, 15) is 32.3 Å². The molecule has 0 saturated carbocycles. The predicted octanol–water partition coefficient (Wildman–Crippen LogP) is 2.99. The Labute approximate surface area is 226 Å². The molecule has 0 aliphatic heterocycles. The number of allylic oxidation sites excluding steroid dienone is 3. The maximum atomic E-state index is 13.4. The molecule has 2 amide bonds. The van der Waals surface area contributed by atoms with E-state index >= 15 is 0 Å². The van der Waals surface area contributed by atoms with Crippen molar-refractivity contribution in [3.63, 3.8) is 0 Å². The first-order chi connectivity index (χ1) is 18.9. The fourth-order valence-electron chi connectivity index (χ4n) is 3.57. The Hall–Kier alpha value is -4.88. The third kappa shape index (κ3) is 7.82. The first kappa shape index (κ1) is 29.7. The first-order valence-electron chi connectivity index (χ1n) is 12.0. The molecule has 0 aliphatic carbocycles. The minimum absolute atomic E-state index is 0.0880. The van der Waals surface area contributed by atoms with Gasteiger partial charge in [0.15, 0.2) is 16.9 Å². The summed E-state index contributed by atoms with van der Waals surface area (Å²) in [5.74, 6) is -2.92. The Morgan fingerprint density at radius 3 is 2.52 bits per heavy atom. The van der Waals surface area contributed by atoms with E-state index in [4.69, 9.17) is 5.73 Å². The van der Waals surface area contributed by atoms with Gasteiger partial charge >= 0.3 is 12.1 Å². The number of aromatic amines is 1. The van der Waals surface area contributed by atoms with Crippen molar-refractivity contribution in [2.24, 2.45) is 0 Å². The second-order valence-corrected chi connectivity index (χ2v) is 8.71. The van der Waals surface area contributed by atoms with Crippen LogP contribution in [0, 0.1) is 0 Å². The van der Waals surface area contributed by atoms with Crippen LogP contribution >= 0.6 is 0 Å². The van der Waals surface area contributed by atoms with E-state index in [0.29, 0.717) is 24.3 Å². The van der Waals surface area contributed by atoms with Crippen molar-refractivity contribution in [1.82, 2.24) is 25.3 Å². The highest BCUT2D eigenvalue weighted by molar-refractivity contribution is 5.98. The second kappa shape index (κ2) is 12.8. The van der Waals surface area contributed by atoms with Crippen molar-refractivity contribution in [3.8, 4) is 0 Å². The molecule has 2 aromatic heterocycles. The number of hydrogen-bond donors (Lipinski definition) is 3. The van der Waals surface area contributed by atoms with Gasteiger partial charge in [0.25, 0.3) is 11.5 Å². The molecule has 2 heterocycles. The monoisotopic (exact) mass is 557 g/mol. The van der Waals surface area contributed by atoms with Gasteiger partial charge in [0.2, 0.25) is 5.95 Å². The fraction of sp³-hybridized carbons (Fsp3) is 0.269. The summed E-state index contributed by atoms with van der Waals surface area (Å²) in [7, 11) is 0. The van der Waals surface area contributed by atoms with Crippen molar-refractivity contribution < 1.29 is 27.6 Å². The molecule has 4 N–H and O–H groups in total. The quantitative estimate of drug-likeness (QED) is 0.184. The molecule has 0 saturated heterocycles. The first-order valence-corrected chi connectivity index (χ1v) is 12.0. The molecular formula is C26H26F3N7O4. The Bertz CT molecular complexity index is 1520. The lowest BCUT2D eigenvalue weighted by atomic mass is 10.1. The summed E-state index contributed by atoms with van der Waals surface area (Å²) in [5, 5.41) is 2.72. The molecule has 0 radical (unpaired) electrons. The summed E-state index contributed by atoms with van der Waals surface area (Å²) in [6, 6.07) is 4.98. The highest BCUT2D eigenvalue weighted by atomic mass is 19.4. The molecule has 3 rings (SSSR count). The predicted molar refractivity (Wildman–Crippen MR) is 141 cm³/mol. The number of nitrogen functional groups attached to an aromatic ring is 1. The van der Waals surface area contributed by atoms with E-state index in [1.807, 2.05) is 6.92 Å². The number of amides is 2. The number of H-pyrrole nitrogens is 1. The lowest BCUT2D eigenvalue weighted by Crippen LogP contribution is -2.41. The maximum absolute atomic E-state index is 13.4. The Balaban J connectivity index is 1.71. The number of nitrogens with zero attached hydrogens (tertiary/aromatic N) is 4. The van der Waals surface area contributed by atoms with Crippen LogP contribution < -0.4 is 21.5 Å². The third-order valence-electron chi connectivity index (χ3n) is 5.65. The number of aromatic nitrogens is 4. The second-order valence-electron chi connectivity index (χ2n) is 8.71. The number of anilines is 2. The Morgan fingerprint density at radius 1 is 1.18 bits per heavy atom. The van der Waals surface area contributed by atoms with Gasteiger partial charge in [0, 0.05) is 24.2 Å². The van der Waals surface area contributed by atoms with Gasteiger partial charge < -0.3 is 11.1 Å². The van der Waals surface area contributed by atoms with Crippen molar-refractivity contribution in [3.05, 3.63) is 76.4 Å². The van der Waals surface area contributed by atoms with E-state index in [1.165, 1.54) is 30.3 Å². The summed E-state index contributed by atoms with van der Waals surface area (Å²) < 4.78 is 40.2. The molecular weight excluding hydrogens is 531 g/mol. The van der Waals surface area contributed by atoms with E-state index in [0.717, 1.165) is 11.8 Å². The number of carbonyl (C=O) groups excluding carboxylic acids is 3. The van der Waals surface area contributed by atoms with Crippen molar-refractivity contribution in [2.75, 3.05) is 17.2 Å². The van der Waals surface area contributed by atoms with Crippen LogP contribution in [0.4, 0.5) is 24.8 Å². The van der Waals surface area contributed by atoms with E-state index in [2.05, 4.69) is 31.8 Å². The standard InChI is InChI=1S/C26H26F3N7O4/c1-3-19(37)11-6-15(2)5-4-12-31-22(38)16-7-9-18(10-8-16)36(24(40)26(27,28)29)14-17-13-32-21-20(33-17)23(39)35-25(30)34-21/h3,6-10,13H,1,4-5,11-12,14H2,2H3,(H,31,38)(H3,30,32,34,35,39)/b15-6+. The summed E-state index contributed by atoms with van der Waals surface area (Å²) in [4.78, 5) is 62.4. The van der Waals surface area contributed by atoms with Gasteiger partial charge in [0.1, 0.15) is 0 Å². The molecule has 40 heavy (non-hydrogen) atoms. The lowest BCUT2D eigenvalue weighted by Gasteiger charge is -2.23. The van der Waals surface area contributed by atoms with Crippen LogP contribution in [0.15, 0.2) is 59.6 Å². The van der Waals surface area contributed by atoms with E-state index < -0.39 is 30.1 Å². The van der Waals surface area contributed by atoms with Crippen molar-refractivity contribution in [2.45, 2.75) is 38.9 Å². The summed E-state index contributed by atoms with van der Waals surface area (Å²) in [6.45, 7) is 4.96. The number of benzene rings is 1. The van der Waals surface area contributed by atoms with Gasteiger partial charge in [-0.25, -0.2) is 9.97 Å². The molecule has 3 aromatic rings. The summed E-state index contributed by atoms with van der Waals surface area (Å²) in [6.07, 6.45) is 0.459. The molecule has 14 heteroatoms. The zero-order chi connectivity index (χ0) is 29.4. The Morgan fingerprint density at radius 2 is 1.88 bits per heavy atom. The van der Waals surface area contributed by atoms with Gasteiger partial charge in [-0.2, -0.15) is 18.2 Å². The number of halogens is 3. The summed E-state index contributed by atoms with van der Waals surface area (Å²) in [5.41, 5.74) is 5.25. The van der Waals surface area contributed by atoms with Crippen LogP contribution in [0.25, 0.3) is 11.2 Å². The molecule has 0 aliphatic rings. The van der Waals surface area contributed by atoms with Gasteiger partial charge in [-0.3, -0.25) is 29.1 Å². The number of nitrogens with one attached hydrogen (secondary N) is 2. The maximum Gasteiger partial charge on any atom is 0.471 e. The molecule has 0 bridgehead atoms. The van der Waals surface area contributed by atoms with Crippen LogP contribution in [-0.4, -0.2) is 50.3 Å². The molecule has 11 nitrogen and oxygen atoms in total. The van der Waals surface area contributed by atoms with Gasteiger partial charge in [-0.05, 0) is 50.1 Å². The van der Waals surface area contributed by atoms with Crippen LogP contribution in [0.3, 0.4) is 0 Å². The SMILES string of the molecule is C=CC(=O)C/C=C(\C)CCCNC(=O)c1ccc(N(Cc2cnc3nc(N)[nH]c(=O)c3n2)C(=O)C(F)(F)F)cc1. The zero-order valence-electron chi connectivity index (χ0n) is 21.4. The topological polar surface area (TPSA) is 164 Å². The molecule has 0 unspecified atom stereocenters. The van der Waals surface area contributed by atoms with Gasteiger partial charge in [0.05, 0.1) is 18.4 Å². The van der Waals surface area contributed by atoms with Crippen LogP contribution in [0.2, 0.25) is 0 Å². The number of alkyl halides is 3. The highest BCUT2D eigenvalue weighted by Gasteiger charge is 2.43. The van der Waals surface area contributed by atoms with Gasteiger partial charge in [-0.1, -0.05) is 18.2 Å². The van der Waals surface area contributed by atoms with Crippen LogP contribution in [0.5, 0.6) is 0 Å². The molecule has 0 fully saturated rings. The number of fused-ring (bicyclic) bond motifs is 1. The zero-order valence-corrected chi connectivity index (χ0v) is 21.4. The van der Waals surface area contributed by atoms with Crippen LogP contribution in [0.1, 0.15) is 42.2 Å². The molecule has 0 atom stereocenters. The number of ketones is 1. The number of carbonyl (C=O) groups is 3. The minimum atomic E-state index is -5.21. The van der Waals surface area contributed by atoms with Crippen molar-refractivity contribution >= 4 is 40.4 Å². The molecule has 1 aromatic carbocycles. The summed E-state index contributed by atoms with van der Waals surface area (Å²) >= 11 is 0. The highest BCUT2D eigenvalue weighted by Crippen LogP contribution is 2.26. The van der Waals surface area contributed by atoms with E-state index in [1.54, 1.807) is 6.08 Å². The lowest BCUT2D eigenvalue weighted by molar-refractivity contribution is -0.170. The Kier molecular flexibility index (Phi) is 9.48. The van der Waals surface area contributed by atoms with E-state index in [-0.39, 0.29) is 46.3 Å². The molecule has 0 spiro atoms. The number of hydrogen-bond acceptors (Lipinski definition) is 8. The fourth-order valence-corrected chi connectivity index (χ4v) is 3.57. The minimum Gasteiger partial charge on any atom is -0.369 e. The van der Waals surface area contributed by atoms with Crippen molar-refractivity contribution in [1.29, 1.82) is 0 Å². The average Bonchev–Trinajstić information content (AvgIpc) is 2.92. The largest absolute Gasteiger partial charge is 0.471 e. The third-order valence-corrected chi connectivity index (χ3v) is 5.65. The average molecular weight is 558 g/mol. The smallest absolute Gasteiger partial charge is 0.369 e. The van der Waals surface area contributed by atoms with Gasteiger partial charge in [-0.15, -0.1) is 0 Å². The normalized spacial score (nSPS) is 11.8. The molecule has 210 valence electrons. The number of nitrogens with two attached hydrogens (primary N) is 1.